The fourth-order valence-electron chi connectivity index (χ4n) is 1.46. The molecule has 1 heterocycles. The summed E-state index contributed by atoms with van der Waals surface area (Å²) in [5.41, 5.74) is -0.527. The highest BCUT2D eigenvalue weighted by atomic mass is 19.3. The molecule has 17 heavy (non-hydrogen) atoms. The number of carbonyl (C=O) groups is 2. The molecule has 2 rings (SSSR count). The standard InChI is InChI=1S/C11H9F2NO3/c12-11(13,6-15)5-14-9(16)7-3-1-2-4-8(7)10(14)17/h1-4,15H,5-6H2/i5D2,6D2. The Hall–Kier alpha value is -1.82. The van der Waals surface area contributed by atoms with Gasteiger partial charge in [0.15, 0.2) is 0 Å². The lowest BCUT2D eigenvalue weighted by Gasteiger charge is -2.20. The molecule has 4 nitrogen and oxygen atoms in total. The second-order valence-electron chi connectivity index (χ2n) is 3.29. The average Bonchev–Trinajstić information content (AvgIpc) is 2.61. The third-order valence-electron chi connectivity index (χ3n) is 2.19. The molecule has 0 aromatic heterocycles. The number of fused-ring (bicyclic) bond motifs is 1. The van der Waals surface area contributed by atoms with E-state index in [0.717, 1.165) is 12.1 Å². The molecule has 2 amide bonds. The van der Waals surface area contributed by atoms with Gasteiger partial charge in [0.05, 0.1) is 23.1 Å². The number of benzene rings is 1. The van der Waals surface area contributed by atoms with Crippen molar-refractivity contribution in [2.75, 3.05) is 13.1 Å². The summed E-state index contributed by atoms with van der Waals surface area (Å²) in [5, 5.41) is 8.82. The van der Waals surface area contributed by atoms with Crippen LogP contribution in [-0.2, 0) is 0 Å². The number of aliphatic hydroxyl groups is 1. The first-order valence-corrected chi connectivity index (χ1v) is 4.51. The summed E-state index contributed by atoms with van der Waals surface area (Å²) in [6.45, 7) is -8.30. The smallest absolute Gasteiger partial charge is 0.288 e. The fraction of sp³-hybridized carbons (Fsp3) is 0.273. The maximum atomic E-state index is 13.8. The van der Waals surface area contributed by atoms with Gasteiger partial charge in [-0.15, -0.1) is 0 Å². The molecule has 0 unspecified atom stereocenters. The number of nitrogens with zero attached hydrogens (tertiary/aromatic N) is 1. The van der Waals surface area contributed by atoms with E-state index in [1.807, 2.05) is 0 Å². The highest BCUT2D eigenvalue weighted by Crippen LogP contribution is 2.25. The largest absolute Gasteiger partial charge is 0.390 e. The molecule has 6 heteroatoms. The van der Waals surface area contributed by atoms with E-state index in [4.69, 9.17) is 10.6 Å². The summed E-state index contributed by atoms with van der Waals surface area (Å²) in [7, 11) is 0. The lowest BCUT2D eigenvalue weighted by Crippen LogP contribution is -2.42. The maximum Gasteiger partial charge on any atom is 0.288 e. The van der Waals surface area contributed by atoms with Gasteiger partial charge in [-0.3, -0.25) is 14.5 Å². The van der Waals surface area contributed by atoms with Crippen molar-refractivity contribution in [2.24, 2.45) is 0 Å². The van der Waals surface area contributed by atoms with E-state index in [1.54, 1.807) is 0 Å². The number of halogens is 2. The lowest BCUT2D eigenvalue weighted by molar-refractivity contribution is -0.0627. The molecule has 1 aromatic rings. The first-order valence-electron chi connectivity index (χ1n) is 6.51. The van der Waals surface area contributed by atoms with Crippen molar-refractivity contribution in [2.45, 2.75) is 5.92 Å². The summed E-state index contributed by atoms with van der Waals surface area (Å²) in [5.74, 6) is -7.65. The van der Waals surface area contributed by atoms with Crippen molar-refractivity contribution >= 4 is 11.8 Å². The van der Waals surface area contributed by atoms with Crippen LogP contribution in [-0.4, -0.2) is 40.8 Å². The van der Waals surface area contributed by atoms with Crippen molar-refractivity contribution in [1.29, 1.82) is 0 Å². The minimum atomic E-state index is -5.02. The Balaban J connectivity index is 2.54. The van der Waals surface area contributed by atoms with Crippen molar-refractivity contribution in [3.63, 3.8) is 0 Å². The maximum absolute atomic E-state index is 13.8. The van der Waals surface area contributed by atoms with E-state index in [-0.39, 0.29) is 16.0 Å². The second kappa shape index (κ2) is 3.89. The Labute approximate surface area is 101 Å². The molecular weight excluding hydrogens is 232 g/mol. The van der Waals surface area contributed by atoms with Gasteiger partial charge in [-0.1, -0.05) is 12.1 Å². The summed E-state index contributed by atoms with van der Waals surface area (Å²) in [6, 6.07) is 5.06. The van der Waals surface area contributed by atoms with Crippen LogP contribution < -0.4 is 0 Å². The van der Waals surface area contributed by atoms with E-state index in [2.05, 4.69) is 0 Å². The van der Waals surface area contributed by atoms with E-state index in [9.17, 15) is 18.4 Å². The first-order chi connectivity index (χ1) is 9.43. The number of hydrogen-bond acceptors (Lipinski definition) is 3. The van der Waals surface area contributed by atoms with Crippen LogP contribution >= 0.6 is 0 Å². The number of alkyl halides is 2. The minimum Gasteiger partial charge on any atom is -0.390 e. The third-order valence-corrected chi connectivity index (χ3v) is 2.19. The van der Waals surface area contributed by atoms with Crippen LogP contribution in [0.15, 0.2) is 24.3 Å². The highest BCUT2D eigenvalue weighted by Gasteiger charge is 2.41. The number of imide groups is 1. The molecule has 0 aliphatic carbocycles. The van der Waals surface area contributed by atoms with Crippen LogP contribution in [0.1, 0.15) is 26.2 Å². The van der Waals surface area contributed by atoms with Gasteiger partial charge in [0.1, 0.15) is 6.56 Å². The first kappa shape index (κ1) is 7.50. The van der Waals surface area contributed by atoms with E-state index >= 15 is 0 Å². The van der Waals surface area contributed by atoms with E-state index in [0.29, 0.717) is 0 Å². The molecule has 0 saturated carbocycles. The molecule has 1 aromatic carbocycles. The topological polar surface area (TPSA) is 57.6 Å². The van der Waals surface area contributed by atoms with Gasteiger partial charge in [-0.05, 0) is 12.1 Å². The predicted molar refractivity (Wildman–Crippen MR) is 53.8 cm³/mol. The zero-order chi connectivity index (χ0) is 16.2. The summed E-state index contributed by atoms with van der Waals surface area (Å²) in [4.78, 5) is 23.5. The zero-order valence-corrected chi connectivity index (χ0v) is 8.28. The Kier molecular flexibility index (Phi) is 1.71. The van der Waals surface area contributed by atoms with E-state index < -0.39 is 30.8 Å². The molecule has 1 aliphatic heterocycles. The number of amides is 2. The van der Waals surface area contributed by atoms with Gasteiger partial charge in [-0.25, -0.2) is 8.78 Å². The highest BCUT2D eigenvalue weighted by molar-refractivity contribution is 6.21. The predicted octanol–water partition coefficient (Wildman–Crippen LogP) is 0.910. The third kappa shape index (κ3) is 1.91. The van der Waals surface area contributed by atoms with Crippen molar-refractivity contribution < 1.29 is 29.0 Å². The summed E-state index contributed by atoms with van der Waals surface area (Å²) >= 11 is 0. The molecular formula is C11H9F2NO3. The summed E-state index contributed by atoms with van der Waals surface area (Å²) < 4.78 is 55.5. The van der Waals surface area contributed by atoms with Crippen molar-refractivity contribution in [1.82, 2.24) is 4.90 Å². The Bertz CT molecular complexity index is 595. The average molecular weight is 245 g/mol. The monoisotopic (exact) mass is 245 g/mol. The fourth-order valence-corrected chi connectivity index (χ4v) is 1.46. The van der Waals surface area contributed by atoms with Crippen LogP contribution in [0.2, 0.25) is 0 Å². The normalized spacial score (nSPS) is 20.5. The molecule has 0 saturated heterocycles. The molecule has 0 radical (unpaired) electrons. The van der Waals surface area contributed by atoms with Gasteiger partial charge in [0.25, 0.3) is 17.7 Å². The Morgan fingerprint density at radius 1 is 1.24 bits per heavy atom. The molecule has 0 spiro atoms. The number of hydrogen-bond donors (Lipinski definition) is 1. The Morgan fingerprint density at radius 3 is 2.12 bits per heavy atom. The number of carbonyl (C=O) groups excluding carboxylic acids is 2. The van der Waals surface area contributed by atoms with Crippen molar-refractivity contribution in [3.05, 3.63) is 35.4 Å². The van der Waals surface area contributed by atoms with Crippen LogP contribution in [0, 0.1) is 0 Å². The lowest BCUT2D eigenvalue weighted by atomic mass is 10.1. The van der Waals surface area contributed by atoms with E-state index in [1.165, 1.54) is 12.1 Å². The van der Waals surface area contributed by atoms with Gasteiger partial charge in [0.2, 0.25) is 0 Å². The molecule has 90 valence electrons. The van der Waals surface area contributed by atoms with Gasteiger partial charge in [0, 0.05) is 0 Å². The zero-order valence-electron chi connectivity index (χ0n) is 12.3. The molecule has 1 aliphatic rings. The van der Waals surface area contributed by atoms with Gasteiger partial charge < -0.3 is 5.11 Å². The quantitative estimate of drug-likeness (QED) is 0.805. The molecule has 1 N–H and O–H groups in total. The van der Waals surface area contributed by atoms with Gasteiger partial charge >= 0.3 is 0 Å². The van der Waals surface area contributed by atoms with Gasteiger partial charge in [-0.2, -0.15) is 0 Å². The summed E-state index contributed by atoms with van der Waals surface area (Å²) in [6.07, 6.45) is 0. The van der Waals surface area contributed by atoms with Crippen LogP contribution in [0.4, 0.5) is 8.78 Å². The van der Waals surface area contributed by atoms with Crippen LogP contribution in [0.5, 0.6) is 0 Å². The Morgan fingerprint density at radius 2 is 1.71 bits per heavy atom. The van der Waals surface area contributed by atoms with Crippen LogP contribution in [0.3, 0.4) is 0 Å². The molecule has 0 atom stereocenters. The number of rotatable bonds is 3. The van der Waals surface area contributed by atoms with Crippen LogP contribution in [0.25, 0.3) is 0 Å². The second-order valence-corrected chi connectivity index (χ2v) is 3.29. The molecule has 0 fully saturated rings. The molecule has 0 bridgehead atoms. The minimum absolute atomic E-state index is 0.263. The van der Waals surface area contributed by atoms with Crippen molar-refractivity contribution in [3.8, 4) is 0 Å². The SMILES string of the molecule is [2H]C([2H])(O)C(F)(F)C([2H])([2H])N1C(=O)c2ccccc2C1=O.